The summed E-state index contributed by atoms with van der Waals surface area (Å²) in [4.78, 5) is 44.9. The fourth-order valence-electron chi connectivity index (χ4n) is 4.72. The highest BCUT2D eigenvalue weighted by molar-refractivity contribution is 5.95. The SMILES string of the molecule is CC(=O)CCCCC[C@H](NC(=O)c1nccn1C)C(=O)NCCc1c(-c2ccccc2)[nH]c2ccccc12. The van der Waals surface area contributed by atoms with Crippen LogP contribution in [-0.2, 0) is 23.1 Å². The van der Waals surface area contributed by atoms with Gasteiger partial charge in [0, 0.05) is 49.0 Å². The Kier molecular flexibility index (Phi) is 9.08. The maximum Gasteiger partial charge on any atom is 0.287 e. The van der Waals surface area contributed by atoms with Crippen LogP contribution < -0.4 is 10.6 Å². The molecule has 0 bridgehead atoms. The number of nitrogens with zero attached hydrogens (tertiary/aromatic N) is 2. The van der Waals surface area contributed by atoms with Gasteiger partial charge in [0.1, 0.15) is 11.8 Å². The lowest BCUT2D eigenvalue weighted by atomic mass is 10.0. The number of imidazole rings is 1. The number of fused-ring (bicyclic) bond motifs is 1. The van der Waals surface area contributed by atoms with Crippen molar-refractivity contribution in [3.05, 3.63) is 78.4 Å². The van der Waals surface area contributed by atoms with Gasteiger partial charge in [-0.3, -0.25) is 9.59 Å². The Labute approximate surface area is 222 Å². The third kappa shape index (κ3) is 6.76. The minimum absolute atomic E-state index is 0.162. The summed E-state index contributed by atoms with van der Waals surface area (Å²) in [6.07, 6.45) is 7.23. The zero-order chi connectivity index (χ0) is 26.9. The van der Waals surface area contributed by atoms with Gasteiger partial charge >= 0.3 is 0 Å². The predicted octanol–water partition coefficient (Wildman–Crippen LogP) is 4.57. The molecule has 4 rings (SSSR count). The quantitative estimate of drug-likeness (QED) is 0.228. The number of aryl methyl sites for hydroxylation is 1. The second kappa shape index (κ2) is 12.9. The average Bonchev–Trinajstić information content (AvgIpc) is 3.51. The van der Waals surface area contributed by atoms with Crippen LogP contribution in [0.3, 0.4) is 0 Å². The van der Waals surface area contributed by atoms with Crippen LogP contribution in [0.25, 0.3) is 22.2 Å². The number of hydrogen-bond acceptors (Lipinski definition) is 4. The molecule has 8 heteroatoms. The smallest absolute Gasteiger partial charge is 0.287 e. The van der Waals surface area contributed by atoms with E-state index in [9.17, 15) is 14.4 Å². The molecule has 0 unspecified atom stereocenters. The molecule has 0 aliphatic carbocycles. The molecule has 3 N–H and O–H groups in total. The third-order valence-corrected chi connectivity index (χ3v) is 6.72. The van der Waals surface area contributed by atoms with Crippen molar-refractivity contribution in [2.24, 2.45) is 7.05 Å². The monoisotopic (exact) mass is 513 g/mol. The van der Waals surface area contributed by atoms with Crippen LogP contribution >= 0.6 is 0 Å². The number of Topliss-reactive ketones (excluding diaryl/α,β-unsaturated/α-hetero) is 1. The standard InChI is InChI=1S/C30H35N5O3/c1-21(36)11-5-3-8-16-26(34-30(38)28-31-19-20-35(28)2)29(37)32-18-17-24-23-14-9-10-15-25(23)33-27(24)22-12-6-4-7-13-22/h4,6-7,9-10,12-15,19-20,26,33H,3,5,8,11,16-18H2,1-2H3,(H,32,37)(H,34,38)/t26-/m0/s1. The Hall–Kier alpha value is -4.20. The predicted molar refractivity (Wildman–Crippen MR) is 149 cm³/mol. The van der Waals surface area contributed by atoms with Crippen molar-refractivity contribution in [3.63, 3.8) is 0 Å². The Morgan fingerprint density at radius 1 is 1.00 bits per heavy atom. The number of ketones is 1. The number of nitrogens with one attached hydrogen (secondary N) is 3. The number of benzene rings is 2. The number of rotatable bonds is 13. The molecular weight excluding hydrogens is 478 g/mol. The summed E-state index contributed by atoms with van der Waals surface area (Å²) in [6.45, 7) is 2.01. The first kappa shape index (κ1) is 26.9. The van der Waals surface area contributed by atoms with Crippen molar-refractivity contribution in [3.8, 4) is 11.3 Å². The van der Waals surface area contributed by atoms with Crippen LogP contribution in [0, 0.1) is 0 Å². The summed E-state index contributed by atoms with van der Waals surface area (Å²) >= 11 is 0. The summed E-state index contributed by atoms with van der Waals surface area (Å²) in [5.74, 6) is -0.190. The third-order valence-electron chi connectivity index (χ3n) is 6.72. The van der Waals surface area contributed by atoms with E-state index in [1.165, 1.54) is 0 Å². The Balaban J connectivity index is 1.43. The van der Waals surface area contributed by atoms with E-state index < -0.39 is 6.04 Å². The Morgan fingerprint density at radius 3 is 2.50 bits per heavy atom. The van der Waals surface area contributed by atoms with Gasteiger partial charge in [-0.15, -0.1) is 0 Å². The first-order valence-corrected chi connectivity index (χ1v) is 13.1. The van der Waals surface area contributed by atoms with Crippen molar-refractivity contribution < 1.29 is 14.4 Å². The lowest BCUT2D eigenvalue weighted by molar-refractivity contribution is -0.123. The van der Waals surface area contributed by atoms with Crippen molar-refractivity contribution in [2.75, 3.05) is 6.54 Å². The largest absolute Gasteiger partial charge is 0.354 e. The number of carbonyl (C=O) groups excluding carboxylic acids is 3. The minimum Gasteiger partial charge on any atom is -0.354 e. The Bertz CT molecular complexity index is 1390. The molecule has 2 aromatic heterocycles. The molecule has 0 aliphatic heterocycles. The van der Waals surface area contributed by atoms with Gasteiger partial charge in [-0.25, -0.2) is 4.98 Å². The summed E-state index contributed by atoms with van der Waals surface area (Å²) in [5, 5.41) is 7.03. The molecule has 1 atom stereocenters. The summed E-state index contributed by atoms with van der Waals surface area (Å²) in [7, 11) is 1.74. The van der Waals surface area contributed by atoms with Crippen molar-refractivity contribution in [2.45, 2.75) is 51.5 Å². The number of hydrogen-bond donors (Lipinski definition) is 3. The van der Waals surface area contributed by atoms with E-state index in [2.05, 4.69) is 44.9 Å². The van der Waals surface area contributed by atoms with Gasteiger partial charge in [0.05, 0.1) is 0 Å². The zero-order valence-corrected chi connectivity index (χ0v) is 22.0. The number of aromatic nitrogens is 3. The van der Waals surface area contributed by atoms with Crippen LogP contribution in [0.1, 0.15) is 55.2 Å². The fraction of sp³-hybridized carbons (Fsp3) is 0.333. The summed E-state index contributed by atoms with van der Waals surface area (Å²) < 4.78 is 1.62. The van der Waals surface area contributed by atoms with Crippen molar-refractivity contribution in [1.29, 1.82) is 0 Å². The lowest BCUT2D eigenvalue weighted by Crippen LogP contribution is -2.47. The van der Waals surface area contributed by atoms with Gasteiger partial charge in [-0.1, -0.05) is 61.4 Å². The molecule has 0 saturated heterocycles. The van der Waals surface area contributed by atoms with E-state index in [-0.39, 0.29) is 23.4 Å². The molecule has 198 valence electrons. The highest BCUT2D eigenvalue weighted by Gasteiger charge is 2.23. The van der Waals surface area contributed by atoms with Crippen LogP contribution in [0.4, 0.5) is 0 Å². The van der Waals surface area contributed by atoms with Crippen LogP contribution in [0.2, 0.25) is 0 Å². The topological polar surface area (TPSA) is 109 Å². The zero-order valence-electron chi connectivity index (χ0n) is 22.0. The molecule has 2 amide bonds. The van der Waals surface area contributed by atoms with E-state index in [1.54, 1.807) is 30.9 Å². The van der Waals surface area contributed by atoms with E-state index >= 15 is 0 Å². The molecule has 0 saturated carbocycles. The van der Waals surface area contributed by atoms with Crippen LogP contribution in [0.15, 0.2) is 67.0 Å². The van der Waals surface area contributed by atoms with Gasteiger partial charge in [-0.05, 0) is 43.4 Å². The van der Waals surface area contributed by atoms with Crippen molar-refractivity contribution in [1.82, 2.24) is 25.2 Å². The van der Waals surface area contributed by atoms with Gasteiger partial charge < -0.3 is 25.0 Å². The molecule has 8 nitrogen and oxygen atoms in total. The highest BCUT2D eigenvalue weighted by atomic mass is 16.2. The fourth-order valence-corrected chi connectivity index (χ4v) is 4.72. The molecule has 38 heavy (non-hydrogen) atoms. The van der Waals surface area contributed by atoms with Gasteiger partial charge in [0.25, 0.3) is 5.91 Å². The molecule has 0 radical (unpaired) electrons. The molecule has 0 spiro atoms. The average molecular weight is 514 g/mol. The normalized spacial score (nSPS) is 11.8. The summed E-state index contributed by atoms with van der Waals surface area (Å²) in [6, 6.07) is 17.6. The van der Waals surface area contributed by atoms with E-state index in [1.807, 2.05) is 30.3 Å². The first-order valence-electron chi connectivity index (χ1n) is 13.1. The number of H-pyrrole nitrogens is 1. The van der Waals surface area contributed by atoms with Gasteiger partial charge in [-0.2, -0.15) is 0 Å². The number of aromatic amines is 1. The van der Waals surface area contributed by atoms with Crippen molar-refractivity contribution >= 4 is 28.5 Å². The van der Waals surface area contributed by atoms with Crippen LogP contribution in [0.5, 0.6) is 0 Å². The van der Waals surface area contributed by atoms with Crippen LogP contribution in [-0.4, -0.2) is 44.7 Å². The number of unbranched alkanes of at least 4 members (excludes halogenated alkanes) is 2. The Morgan fingerprint density at radius 2 is 1.76 bits per heavy atom. The second-order valence-electron chi connectivity index (χ2n) is 9.62. The molecule has 4 aromatic rings. The second-order valence-corrected chi connectivity index (χ2v) is 9.62. The maximum absolute atomic E-state index is 13.2. The number of para-hydroxylation sites is 1. The highest BCUT2D eigenvalue weighted by Crippen LogP contribution is 2.30. The molecule has 0 aliphatic rings. The molecule has 2 heterocycles. The summed E-state index contributed by atoms with van der Waals surface area (Å²) in [5.41, 5.74) is 4.34. The van der Waals surface area contributed by atoms with Gasteiger partial charge in [0.2, 0.25) is 5.91 Å². The molecular formula is C30H35N5O3. The van der Waals surface area contributed by atoms with E-state index in [0.717, 1.165) is 47.0 Å². The maximum atomic E-state index is 13.2. The number of carbonyl (C=O) groups is 3. The number of amides is 2. The van der Waals surface area contributed by atoms with Gasteiger partial charge in [0.15, 0.2) is 5.82 Å². The van der Waals surface area contributed by atoms with E-state index in [0.29, 0.717) is 25.8 Å². The minimum atomic E-state index is -0.687. The molecule has 0 fully saturated rings. The molecule has 2 aromatic carbocycles. The first-order chi connectivity index (χ1) is 18.4. The van der Waals surface area contributed by atoms with E-state index in [4.69, 9.17) is 0 Å². The lowest BCUT2D eigenvalue weighted by Gasteiger charge is -2.18.